The number of rotatable bonds is 6. The lowest BCUT2D eigenvalue weighted by molar-refractivity contribution is 0.397. The van der Waals surface area contributed by atoms with Gasteiger partial charge < -0.3 is 4.90 Å². The fourth-order valence-corrected chi connectivity index (χ4v) is 4.61. The first-order chi connectivity index (χ1) is 13.1. The summed E-state index contributed by atoms with van der Waals surface area (Å²) in [6.45, 7) is 0.618. The van der Waals surface area contributed by atoms with Gasteiger partial charge >= 0.3 is 0 Å². The Balaban J connectivity index is 2.04. The lowest BCUT2D eigenvalue weighted by Crippen LogP contribution is -2.15. The minimum Gasteiger partial charge on any atom is -0.304 e. The Hall–Kier alpha value is -2.49. The summed E-state index contributed by atoms with van der Waals surface area (Å²) in [4.78, 5) is 6.37. The Labute approximate surface area is 165 Å². The first-order valence-electron chi connectivity index (χ1n) is 8.42. The summed E-state index contributed by atoms with van der Waals surface area (Å²) in [6.07, 6.45) is 1.03. The van der Waals surface area contributed by atoms with Crippen LogP contribution < -0.4 is 4.72 Å². The molecule has 0 atom stereocenters. The van der Waals surface area contributed by atoms with Crippen molar-refractivity contribution in [2.75, 3.05) is 25.1 Å². The van der Waals surface area contributed by atoms with E-state index in [1.165, 1.54) is 18.2 Å². The molecule has 0 amide bonds. The summed E-state index contributed by atoms with van der Waals surface area (Å²) in [7, 11) is -3.66. The van der Waals surface area contributed by atoms with Crippen molar-refractivity contribution in [1.82, 2.24) is 9.88 Å². The van der Waals surface area contributed by atoms with Gasteiger partial charge in [0.05, 0.1) is 26.7 Å². The van der Waals surface area contributed by atoms with E-state index in [1.807, 2.05) is 37.2 Å². The van der Waals surface area contributed by atoms with Crippen LogP contribution in [-0.4, -0.2) is 47.1 Å². The lowest BCUT2D eigenvalue weighted by atomic mass is 10.2. The van der Waals surface area contributed by atoms with Crippen molar-refractivity contribution in [3.8, 4) is 0 Å². The van der Waals surface area contributed by atoms with Gasteiger partial charge in [0, 0.05) is 18.2 Å². The van der Waals surface area contributed by atoms with Gasteiger partial charge in [-0.3, -0.25) is 4.72 Å². The average Bonchev–Trinajstić information content (AvgIpc) is 2.61. The maximum Gasteiger partial charge on any atom is 0.262 e. The highest BCUT2D eigenvalue weighted by Crippen LogP contribution is 2.25. The lowest BCUT2D eigenvalue weighted by Gasteiger charge is -2.13. The number of fused-ring (bicyclic) bond motifs is 1. The molecule has 0 saturated heterocycles. The number of aromatic nitrogens is 1. The third-order valence-corrected chi connectivity index (χ3v) is 6.52. The van der Waals surface area contributed by atoms with Crippen LogP contribution >= 0.6 is 0 Å². The highest BCUT2D eigenvalue weighted by atomic mass is 32.2. The summed E-state index contributed by atoms with van der Waals surface area (Å²) in [5, 5.41) is 0.799. The number of para-hydroxylation sites is 1. The van der Waals surface area contributed by atoms with Crippen LogP contribution in [0.4, 0.5) is 5.69 Å². The molecule has 1 heterocycles. The monoisotopic (exact) mass is 419 g/mol. The molecule has 2 aromatic carbocycles. The predicted octanol–water partition coefficient (Wildman–Crippen LogP) is 2.50. The smallest absolute Gasteiger partial charge is 0.262 e. The van der Waals surface area contributed by atoms with E-state index in [1.54, 1.807) is 12.1 Å². The number of sulfone groups is 1. The van der Waals surface area contributed by atoms with Crippen LogP contribution in [0.3, 0.4) is 0 Å². The van der Waals surface area contributed by atoms with Gasteiger partial charge in [0.25, 0.3) is 10.0 Å². The first-order valence-corrected chi connectivity index (χ1v) is 11.8. The van der Waals surface area contributed by atoms with Gasteiger partial charge in [-0.2, -0.15) is 0 Å². The highest BCUT2D eigenvalue weighted by Gasteiger charge is 2.19. The number of sulfonamides is 1. The molecule has 3 aromatic rings. The molecular formula is C19H21N3O4S2. The second kappa shape index (κ2) is 7.50. The van der Waals surface area contributed by atoms with Crippen molar-refractivity contribution in [2.45, 2.75) is 16.3 Å². The molecule has 0 unspecified atom stereocenters. The zero-order valence-electron chi connectivity index (χ0n) is 15.7. The van der Waals surface area contributed by atoms with E-state index in [0.29, 0.717) is 17.7 Å². The van der Waals surface area contributed by atoms with Crippen LogP contribution in [0.1, 0.15) is 5.69 Å². The van der Waals surface area contributed by atoms with E-state index < -0.39 is 19.9 Å². The summed E-state index contributed by atoms with van der Waals surface area (Å²) in [5.41, 5.74) is 1.68. The summed E-state index contributed by atoms with van der Waals surface area (Å²) in [5.74, 6) is 0. The molecule has 0 aliphatic heterocycles. The maximum atomic E-state index is 12.8. The molecule has 0 fully saturated rings. The van der Waals surface area contributed by atoms with Gasteiger partial charge in [0.2, 0.25) is 0 Å². The summed E-state index contributed by atoms with van der Waals surface area (Å²) < 4.78 is 51.7. The molecule has 0 aliphatic rings. The van der Waals surface area contributed by atoms with Crippen molar-refractivity contribution in [1.29, 1.82) is 0 Å². The fraction of sp³-hybridized carbons (Fsp3) is 0.211. The van der Waals surface area contributed by atoms with Gasteiger partial charge in [-0.15, -0.1) is 0 Å². The second-order valence-electron chi connectivity index (χ2n) is 6.77. The number of pyridine rings is 1. The van der Waals surface area contributed by atoms with Crippen LogP contribution in [-0.2, 0) is 26.4 Å². The molecule has 9 heteroatoms. The molecule has 148 valence electrons. The normalized spacial score (nSPS) is 12.4. The van der Waals surface area contributed by atoms with Gasteiger partial charge in [0.15, 0.2) is 9.84 Å². The van der Waals surface area contributed by atoms with Crippen LogP contribution in [0.15, 0.2) is 64.4 Å². The third-order valence-electron chi connectivity index (χ3n) is 4.04. The zero-order valence-corrected chi connectivity index (χ0v) is 17.4. The van der Waals surface area contributed by atoms with Crippen LogP contribution in [0, 0.1) is 0 Å². The molecule has 0 spiro atoms. The SMILES string of the molecule is CN(C)Cc1ccc2cccc(NS(=O)(=O)c3cccc(S(C)(=O)=O)c3)c2n1. The van der Waals surface area contributed by atoms with E-state index in [4.69, 9.17) is 0 Å². The minimum absolute atomic E-state index is 0.0558. The van der Waals surface area contributed by atoms with E-state index in [-0.39, 0.29) is 9.79 Å². The Morgan fingerprint density at radius 2 is 1.61 bits per heavy atom. The predicted molar refractivity (Wildman–Crippen MR) is 109 cm³/mol. The number of nitrogens with one attached hydrogen (secondary N) is 1. The van der Waals surface area contributed by atoms with Gasteiger partial charge in [0.1, 0.15) is 0 Å². The van der Waals surface area contributed by atoms with Crippen molar-refractivity contribution < 1.29 is 16.8 Å². The standard InChI is InChI=1S/C19H21N3O4S2/c1-22(2)13-15-11-10-14-6-4-9-18(19(14)20-15)21-28(25,26)17-8-5-7-16(12-17)27(3,23)24/h4-12,21H,13H2,1-3H3. The molecule has 1 N–H and O–H groups in total. The first kappa shape index (κ1) is 20.2. The van der Waals surface area contributed by atoms with Crippen LogP contribution in [0.25, 0.3) is 10.9 Å². The molecule has 1 aromatic heterocycles. The number of hydrogen-bond donors (Lipinski definition) is 1. The van der Waals surface area contributed by atoms with Crippen LogP contribution in [0.5, 0.6) is 0 Å². The molecule has 0 saturated carbocycles. The largest absolute Gasteiger partial charge is 0.304 e. The number of anilines is 1. The topological polar surface area (TPSA) is 96.4 Å². The number of benzene rings is 2. The molecule has 28 heavy (non-hydrogen) atoms. The molecule has 0 aliphatic carbocycles. The minimum atomic E-state index is -3.99. The fourth-order valence-electron chi connectivity index (χ4n) is 2.76. The number of hydrogen-bond acceptors (Lipinski definition) is 6. The average molecular weight is 420 g/mol. The van der Waals surface area contributed by atoms with Crippen molar-refractivity contribution in [3.05, 3.63) is 60.3 Å². The number of nitrogens with zero attached hydrogens (tertiary/aromatic N) is 2. The van der Waals surface area contributed by atoms with Crippen molar-refractivity contribution in [3.63, 3.8) is 0 Å². The van der Waals surface area contributed by atoms with Crippen LogP contribution in [0.2, 0.25) is 0 Å². The Morgan fingerprint density at radius 1 is 0.929 bits per heavy atom. The van der Waals surface area contributed by atoms with E-state index in [9.17, 15) is 16.8 Å². The molecular weight excluding hydrogens is 398 g/mol. The van der Waals surface area contributed by atoms with Gasteiger partial charge in [-0.1, -0.05) is 24.3 Å². The molecule has 7 nitrogen and oxygen atoms in total. The highest BCUT2D eigenvalue weighted by molar-refractivity contribution is 7.93. The second-order valence-corrected chi connectivity index (χ2v) is 10.5. The summed E-state index contributed by atoms with van der Waals surface area (Å²) >= 11 is 0. The van der Waals surface area contributed by atoms with Crippen molar-refractivity contribution >= 4 is 36.5 Å². The Kier molecular flexibility index (Phi) is 5.42. The Bertz CT molecular complexity index is 1240. The zero-order chi connectivity index (χ0) is 20.5. The van der Waals surface area contributed by atoms with Crippen molar-refractivity contribution in [2.24, 2.45) is 0 Å². The maximum absolute atomic E-state index is 12.8. The van der Waals surface area contributed by atoms with E-state index in [2.05, 4.69) is 9.71 Å². The quantitative estimate of drug-likeness (QED) is 0.659. The Morgan fingerprint density at radius 3 is 2.29 bits per heavy atom. The molecule has 0 radical (unpaired) electrons. The van der Waals surface area contributed by atoms with E-state index >= 15 is 0 Å². The van der Waals surface area contributed by atoms with Gasteiger partial charge in [-0.05, 0) is 44.4 Å². The molecule has 3 rings (SSSR count). The van der Waals surface area contributed by atoms with E-state index in [0.717, 1.165) is 23.4 Å². The molecule has 0 bridgehead atoms. The van der Waals surface area contributed by atoms with Gasteiger partial charge in [-0.25, -0.2) is 21.8 Å². The third kappa shape index (κ3) is 4.49. The summed E-state index contributed by atoms with van der Waals surface area (Å²) in [6, 6.07) is 14.3.